The van der Waals surface area contributed by atoms with E-state index in [1.54, 1.807) is 4.52 Å². The van der Waals surface area contributed by atoms with Crippen LogP contribution in [0.2, 0.25) is 0 Å². The average molecular weight is 247 g/mol. The van der Waals surface area contributed by atoms with Crippen molar-refractivity contribution in [3.8, 4) is 0 Å². The highest BCUT2D eigenvalue weighted by atomic mass is 16.5. The third-order valence-electron chi connectivity index (χ3n) is 3.26. The molecule has 0 saturated carbocycles. The van der Waals surface area contributed by atoms with Gasteiger partial charge < -0.3 is 10.1 Å². The molecular weight excluding hydrogens is 230 g/mol. The molecule has 18 heavy (non-hydrogen) atoms. The number of aromatic nitrogens is 4. The predicted molar refractivity (Wildman–Crippen MR) is 67.6 cm³/mol. The molecular formula is C12H17N5O. The smallest absolute Gasteiger partial charge is 0.254 e. The maximum Gasteiger partial charge on any atom is 0.254 e. The van der Waals surface area contributed by atoms with Gasteiger partial charge in [-0.2, -0.15) is 14.6 Å². The molecule has 0 radical (unpaired) electrons. The quantitative estimate of drug-likeness (QED) is 0.881. The maximum atomic E-state index is 5.37. The zero-order chi connectivity index (χ0) is 12.4. The fraction of sp³-hybridized carbons (Fsp3) is 0.583. The summed E-state index contributed by atoms with van der Waals surface area (Å²) in [6.07, 6.45) is 3.82. The van der Waals surface area contributed by atoms with E-state index in [4.69, 9.17) is 4.74 Å². The lowest BCUT2D eigenvalue weighted by Gasteiger charge is -2.11. The molecule has 1 aliphatic rings. The number of rotatable bonds is 4. The van der Waals surface area contributed by atoms with E-state index in [-0.39, 0.29) is 0 Å². The van der Waals surface area contributed by atoms with Crippen LogP contribution in [0.3, 0.4) is 0 Å². The van der Waals surface area contributed by atoms with Crippen molar-refractivity contribution >= 4 is 11.6 Å². The predicted octanol–water partition coefficient (Wildman–Crippen LogP) is 1.27. The van der Waals surface area contributed by atoms with Gasteiger partial charge in [-0.05, 0) is 25.7 Å². The molecule has 3 rings (SSSR count). The van der Waals surface area contributed by atoms with Gasteiger partial charge in [0.15, 0.2) is 0 Å². The lowest BCUT2D eigenvalue weighted by Crippen LogP contribution is -2.12. The molecule has 6 nitrogen and oxygen atoms in total. The number of hydrogen-bond donors (Lipinski definition) is 1. The third-order valence-corrected chi connectivity index (χ3v) is 3.26. The summed E-state index contributed by atoms with van der Waals surface area (Å²) in [7, 11) is 0. The van der Waals surface area contributed by atoms with Crippen molar-refractivity contribution in [3.05, 3.63) is 18.1 Å². The average Bonchev–Trinajstić information content (AvgIpc) is 2.98. The molecule has 1 N–H and O–H groups in total. The molecule has 0 bridgehead atoms. The molecule has 0 amide bonds. The topological polar surface area (TPSA) is 64.3 Å². The first-order valence-corrected chi connectivity index (χ1v) is 6.32. The molecule has 1 saturated heterocycles. The number of anilines is 1. The van der Waals surface area contributed by atoms with Crippen LogP contribution in [0.15, 0.2) is 12.4 Å². The van der Waals surface area contributed by atoms with Crippen molar-refractivity contribution in [2.75, 3.05) is 25.1 Å². The van der Waals surface area contributed by atoms with Crippen LogP contribution in [0.4, 0.5) is 5.82 Å². The van der Waals surface area contributed by atoms with Gasteiger partial charge in [0.2, 0.25) is 0 Å². The second-order valence-electron chi connectivity index (χ2n) is 4.70. The van der Waals surface area contributed by atoms with Crippen LogP contribution in [0.1, 0.15) is 18.5 Å². The summed E-state index contributed by atoms with van der Waals surface area (Å²) in [5.41, 5.74) is 0.946. The molecule has 1 fully saturated rings. The largest absolute Gasteiger partial charge is 0.381 e. The second-order valence-corrected chi connectivity index (χ2v) is 4.70. The van der Waals surface area contributed by atoms with Crippen LogP contribution >= 0.6 is 0 Å². The first-order valence-electron chi connectivity index (χ1n) is 6.32. The number of aryl methyl sites for hydroxylation is 1. The van der Waals surface area contributed by atoms with Crippen LogP contribution in [0.25, 0.3) is 5.78 Å². The number of ether oxygens (including phenoxy) is 1. The fourth-order valence-corrected chi connectivity index (χ4v) is 2.27. The zero-order valence-electron chi connectivity index (χ0n) is 10.5. The Bertz CT molecular complexity index is 532. The van der Waals surface area contributed by atoms with E-state index in [0.29, 0.717) is 11.7 Å². The minimum absolute atomic E-state index is 0.640. The lowest BCUT2D eigenvalue weighted by atomic mass is 10.1. The fourth-order valence-electron chi connectivity index (χ4n) is 2.27. The van der Waals surface area contributed by atoms with Crippen molar-refractivity contribution in [2.24, 2.45) is 5.92 Å². The van der Waals surface area contributed by atoms with Crippen LogP contribution in [-0.4, -0.2) is 39.3 Å². The van der Waals surface area contributed by atoms with E-state index >= 15 is 0 Å². The lowest BCUT2D eigenvalue weighted by molar-refractivity contribution is 0.185. The summed E-state index contributed by atoms with van der Waals surface area (Å²) in [4.78, 5) is 8.42. The Hall–Kier alpha value is -1.69. The Balaban J connectivity index is 1.67. The molecule has 3 heterocycles. The van der Waals surface area contributed by atoms with Gasteiger partial charge >= 0.3 is 0 Å². The van der Waals surface area contributed by atoms with Crippen molar-refractivity contribution in [1.29, 1.82) is 0 Å². The van der Waals surface area contributed by atoms with Gasteiger partial charge in [-0.3, -0.25) is 0 Å². The van der Waals surface area contributed by atoms with Gasteiger partial charge in [0, 0.05) is 31.5 Å². The van der Waals surface area contributed by atoms with Gasteiger partial charge in [0.25, 0.3) is 5.78 Å². The summed E-state index contributed by atoms with van der Waals surface area (Å²) in [6, 6.07) is 1.99. The highest BCUT2D eigenvalue weighted by Crippen LogP contribution is 2.17. The van der Waals surface area contributed by atoms with Gasteiger partial charge in [0.05, 0.1) is 0 Å². The van der Waals surface area contributed by atoms with Gasteiger partial charge in [-0.1, -0.05) is 0 Å². The van der Waals surface area contributed by atoms with Gasteiger partial charge in [-0.25, -0.2) is 4.98 Å². The number of nitrogens with zero attached hydrogens (tertiary/aromatic N) is 4. The Morgan fingerprint density at radius 1 is 1.56 bits per heavy atom. The molecule has 1 unspecified atom stereocenters. The summed E-state index contributed by atoms with van der Waals surface area (Å²) < 4.78 is 7.11. The molecule has 96 valence electrons. The molecule has 0 aliphatic carbocycles. The monoisotopic (exact) mass is 247 g/mol. The van der Waals surface area contributed by atoms with Crippen LogP contribution in [0, 0.1) is 12.8 Å². The minimum atomic E-state index is 0.640. The van der Waals surface area contributed by atoms with Crippen LogP contribution in [0.5, 0.6) is 0 Å². The summed E-state index contributed by atoms with van der Waals surface area (Å²) in [5, 5.41) is 7.57. The standard InChI is InChI=1S/C12H17N5O/c1-9-6-11(17-12(16-9)14-8-15-17)13-4-2-10-3-5-18-7-10/h6,8,10,13H,2-5,7H2,1H3. The van der Waals surface area contributed by atoms with Gasteiger partial charge in [-0.15, -0.1) is 0 Å². The zero-order valence-corrected chi connectivity index (χ0v) is 10.5. The number of fused-ring (bicyclic) bond motifs is 1. The highest BCUT2D eigenvalue weighted by Gasteiger charge is 2.15. The maximum absolute atomic E-state index is 5.37. The van der Waals surface area contributed by atoms with E-state index in [0.717, 1.165) is 37.7 Å². The van der Waals surface area contributed by atoms with E-state index in [1.807, 2.05) is 13.0 Å². The van der Waals surface area contributed by atoms with Crippen LogP contribution in [-0.2, 0) is 4.74 Å². The van der Waals surface area contributed by atoms with Gasteiger partial charge in [0.1, 0.15) is 12.1 Å². The SMILES string of the molecule is Cc1cc(NCCC2CCOC2)n2ncnc2n1. The second kappa shape index (κ2) is 4.89. The van der Waals surface area contributed by atoms with Crippen molar-refractivity contribution < 1.29 is 4.74 Å². The molecule has 0 aromatic carbocycles. The van der Waals surface area contributed by atoms with Crippen molar-refractivity contribution in [2.45, 2.75) is 19.8 Å². The molecule has 6 heteroatoms. The summed E-state index contributed by atoms with van der Waals surface area (Å²) >= 11 is 0. The Morgan fingerprint density at radius 2 is 2.50 bits per heavy atom. The minimum Gasteiger partial charge on any atom is -0.381 e. The number of hydrogen-bond acceptors (Lipinski definition) is 5. The molecule has 1 atom stereocenters. The first-order chi connectivity index (χ1) is 8.83. The Morgan fingerprint density at radius 3 is 3.33 bits per heavy atom. The van der Waals surface area contributed by atoms with E-state index < -0.39 is 0 Å². The third kappa shape index (κ3) is 2.28. The first kappa shape index (κ1) is 11.4. The summed E-state index contributed by atoms with van der Waals surface area (Å²) in [6.45, 7) is 4.69. The normalized spacial score (nSPS) is 19.5. The summed E-state index contributed by atoms with van der Waals surface area (Å²) in [5.74, 6) is 2.28. The van der Waals surface area contributed by atoms with E-state index in [9.17, 15) is 0 Å². The molecule has 1 aliphatic heterocycles. The number of nitrogens with one attached hydrogen (secondary N) is 1. The van der Waals surface area contributed by atoms with Crippen molar-refractivity contribution in [3.63, 3.8) is 0 Å². The van der Waals surface area contributed by atoms with Crippen molar-refractivity contribution in [1.82, 2.24) is 19.6 Å². The van der Waals surface area contributed by atoms with E-state index in [2.05, 4.69) is 20.4 Å². The molecule has 0 spiro atoms. The highest BCUT2D eigenvalue weighted by molar-refractivity contribution is 5.44. The van der Waals surface area contributed by atoms with E-state index in [1.165, 1.54) is 12.7 Å². The molecule has 2 aromatic heterocycles. The Labute approximate surface area is 105 Å². The van der Waals surface area contributed by atoms with Crippen LogP contribution < -0.4 is 5.32 Å². The Kier molecular flexibility index (Phi) is 3.10. The molecule has 2 aromatic rings.